The van der Waals surface area contributed by atoms with Gasteiger partial charge >= 0.3 is 0 Å². The molecule has 1 aliphatic heterocycles. The van der Waals surface area contributed by atoms with E-state index in [9.17, 15) is 9.90 Å². The normalized spacial score (nSPS) is 19.0. The van der Waals surface area contributed by atoms with E-state index in [1.165, 1.54) is 10.5 Å². The molecule has 1 amide bonds. The number of amides is 1. The van der Waals surface area contributed by atoms with Gasteiger partial charge in [0.05, 0.1) is 25.3 Å². The van der Waals surface area contributed by atoms with Gasteiger partial charge in [0.25, 0.3) is 0 Å². The second-order valence-corrected chi connectivity index (χ2v) is 7.74. The number of hydrogen-bond acceptors (Lipinski definition) is 3. The third-order valence-electron chi connectivity index (χ3n) is 5.77. The van der Waals surface area contributed by atoms with Crippen LogP contribution in [0, 0.1) is 5.92 Å². The fourth-order valence-electron chi connectivity index (χ4n) is 4.11. The molecular formula is C24H33N2O3+. The van der Waals surface area contributed by atoms with Gasteiger partial charge in [-0.05, 0) is 31.5 Å². The van der Waals surface area contributed by atoms with Gasteiger partial charge < -0.3 is 19.6 Å². The lowest BCUT2D eigenvalue weighted by atomic mass is 9.94. The molecular weight excluding hydrogens is 364 g/mol. The number of aromatic hydroxyl groups is 1. The third kappa shape index (κ3) is 5.51. The number of ether oxygens (including phenoxy) is 1. The number of rotatable bonds is 8. The van der Waals surface area contributed by atoms with Gasteiger partial charge in [0.2, 0.25) is 5.91 Å². The first-order valence-corrected chi connectivity index (χ1v) is 10.7. The van der Waals surface area contributed by atoms with Crippen LogP contribution in [0.2, 0.25) is 0 Å². The Balaban J connectivity index is 1.54. The zero-order valence-electron chi connectivity index (χ0n) is 17.6. The molecule has 0 spiro atoms. The summed E-state index contributed by atoms with van der Waals surface area (Å²) >= 11 is 0. The summed E-state index contributed by atoms with van der Waals surface area (Å²) in [6.07, 6.45) is 1.79. The van der Waals surface area contributed by atoms with Crippen LogP contribution in [-0.4, -0.2) is 42.2 Å². The first-order chi connectivity index (χ1) is 14.1. The topological polar surface area (TPSA) is 54.2 Å². The lowest BCUT2D eigenvalue weighted by Gasteiger charge is -2.32. The summed E-state index contributed by atoms with van der Waals surface area (Å²) in [6.45, 7) is 8.56. The highest BCUT2D eigenvalue weighted by atomic mass is 16.5. The fraction of sp³-hybridized carbons (Fsp3) is 0.458. The molecule has 1 heterocycles. The van der Waals surface area contributed by atoms with E-state index in [-0.39, 0.29) is 17.6 Å². The van der Waals surface area contributed by atoms with Gasteiger partial charge in [0, 0.05) is 31.8 Å². The Labute approximate surface area is 173 Å². The summed E-state index contributed by atoms with van der Waals surface area (Å²) in [6, 6.07) is 15.9. The number of nitrogens with one attached hydrogen (secondary N) is 1. The predicted octanol–water partition coefficient (Wildman–Crippen LogP) is 2.63. The van der Waals surface area contributed by atoms with E-state index in [2.05, 4.69) is 19.1 Å². The number of hydrogen-bond donors (Lipinski definition) is 2. The SMILES string of the molecule is CCOc1cccc(C[NH+]2CCC(C(=O)N(CC)Cc3ccccc3)CC2)c1O. The van der Waals surface area contributed by atoms with E-state index in [0.717, 1.165) is 44.6 Å². The van der Waals surface area contributed by atoms with Crippen molar-refractivity contribution in [1.29, 1.82) is 0 Å². The van der Waals surface area contributed by atoms with Crippen molar-refractivity contribution in [2.75, 3.05) is 26.2 Å². The van der Waals surface area contributed by atoms with E-state index >= 15 is 0 Å². The summed E-state index contributed by atoms with van der Waals surface area (Å²) in [7, 11) is 0. The van der Waals surface area contributed by atoms with Crippen LogP contribution in [0.4, 0.5) is 0 Å². The van der Waals surface area contributed by atoms with Crippen molar-refractivity contribution >= 4 is 5.91 Å². The summed E-state index contributed by atoms with van der Waals surface area (Å²) in [4.78, 5) is 16.4. The van der Waals surface area contributed by atoms with E-state index in [1.54, 1.807) is 6.07 Å². The van der Waals surface area contributed by atoms with Crippen molar-refractivity contribution in [3.63, 3.8) is 0 Å². The third-order valence-corrected chi connectivity index (χ3v) is 5.77. The molecule has 0 aromatic heterocycles. The Morgan fingerprint density at radius 3 is 2.48 bits per heavy atom. The van der Waals surface area contributed by atoms with E-state index in [0.29, 0.717) is 18.9 Å². The van der Waals surface area contributed by atoms with Crippen LogP contribution in [-0.2, 0) is 17.9 Å². The van der Waals surface area contributed by atoms with Crippen molar-refractivity contribution in [2.24, 2.45) is 5.92 Å². The number of phenols is 1. The van der Waals surface area contributed by atoms with Crippen LogP contribution < -0.4 is 9.64 Å². The first kappa shape index (κ1) is 21.2. The Bertz CT molecular complexity index is 786. The fourth-order valence-corrected chi connectivity index (χ4v) is 4.11. The molecule has 2 aromatic rings. The van der Waals surface area contributed by atoms with Gasteiger partial charge in [0.1, 0.15) is 6.54 Å². The Hall–Kier alpha value is -2.53. The van der Waals surface area contributed by atoms with Crippen LogP contribution in [0.15, 0.2) is 48.5 Å². The average molecular weight is 398 g/mol. The summed E-state index contributed by atoms with van der Waals surface area (Å²) in [5.41, 5.74) is 2.09. The molecule has 5 heteroatoms. The van der Waals surface area contributed by atoms with Gasteiger partial charge in [0.15, 0.2) is 11.5 Å². The predicted molar refractivity (Wildman–Crippen MR) is 114 cm³/mol. The van der Waals surface area contributed by atoms with Crippen molar-refractivity contribution < 1.29 is 19.5 Å². The van der Waals surface area contributed by atoms with Gasteiger partial charge in [-0.3, -0.25) is 4.79 Å². The molecule has 1 fully saturated rings. The maximum absolute atomic E-state index is 13.0. The van der Waals surface area contributed by atoms with Crippen LogP contribution in [0.25, 0.3) is 0 Å². The lowest BCUT2D eigenvalue weighted by molar-refractivity contribution is -0.919. The maximum Gasteiger partial charge on any atom is 0.226 e. The molecule has 0 atom stereocenters. The number of para-hydroxylation sites is 1. The van der Waals surface area contributed by atoms with Gasteiger partial charge in [-0.2, -0.15) is 0 Å². The largest absolute Gasteiger partial charge is 0.504 e. The lowest BCUT2D eigenvalue weighted by Crippen LogP contribution is -3.11. The number of quaternary nitrogens is 1. The van der Waals surface area contributed by atoms with E-state index < -0.39 is 0 Å². The van der Waals surface area contributed by atoms with Crippen LogP contribution >= 0.6 is 0 Å². The number of likely N-dealkylation sites (tertiary alicyclic amines) is 1. The van der Waals surface area contributed by atoms with Crippen molar-refractivity contribution in [2.45, 2.75) is 39.8 Å². The van der Waals surface area contributed by atoms with Gasteiger partial charge in [-0.25, -0.2) is 0 Å². The Kier molecular flexibility index (Phi) is 7.53. The number of carbonyl (C=O) groups excluding carboxylic acids is 1. The van der Waals surface area contributed by atoms with E-state index in [4.69, 9.17) is 4.74 Å². The van der Waals surface area contributed by atoms with Crippen LogP contribution in [0.5, 0.6) is 11.5 Å². The molecule has 1 aliphatic rings. The number of benzene rings is 2. The minimum absolute atomic E-state index is 0.103. The van der Waals surface area contributed by atoms with E-state index in [1.807, 2.05) is 42.2 Å². The van der Waals surface area contributed by atoms with Crippen molar-refractivity contribution in [1.82, 2.24) is 4.90 Å². The number of carbonyl (C=O) groups is 1. The monoisotopic (exact) mass is 397 g/mol. The smallest absolute Gasteiger partial charge is 0.226 e. The highest BCUT2D eigenvalue weighted by molar-refractivity contribution is 5.78. The summed E-state index contributed by atoms with van der Waals surface area (Å²) in [5, 5.41) is 10.4. The van der Waals surface area contributed by atoms with Gasteiger partial charge in [-0.1, -0.05) is 36.4 Å². The zero-order chi connectivity index (χ0) is 20.6. The summed E-state index contributed by atoms with van der Waals surface area (Å²) < 4.78 is 5.49. The van der Waals surface area contributed by atoms with Crippen molar-refractivity contribution in [3.8, 4) is 11.5 Å². The number of piperidine rings is 1. The first-order valence-electron chi connectivity index (χ1n) is 10.7. The average Bonchev–Trinajstić information content (AvgIpc) is 2.76. The molecule has 156 valence electrons. The molecule has 5 nitrogen and oxygen atoms in total. The van der Waals surface area contributed by atoms with Gasteiger partial charge in [-0.15, -0.1) is 0 Å². The maximum atomic E-state index is 13.0. The quantitative estimate of drug-likeness (QED) is 0.720. The molecule has 2 aromatic carbocycles. The number of nitrogens with zero attached hydrogens (tertiary/aromatic N) is 1. The molecule has 0 radical (unpaired) electrons. The number of phenolic OH excluding ortho intramolecular Hbond substituents is 1. The molecule has 0 unspecified atom stereocenters. The van der Waals surface area contributed by atoms with Crippen LogP contribution in [0.1, 0.15) is 37.8 Å². The Morgan fingerprint density at radius 1 is 1.10 bits per heavy atom. The summed E-state index contributed by atoms with van der Waals surface area (Å²) in [5.74, 6) is 1.18. The highest BCUT2D eigenvalue weighted by Gasteiger charge is 2.30. The molecule has 3 rings (SSSR count). The minimum atomic E-state index is 0.103. The Morgan fingerprint density at radius 2 is 1.83 bits per heavy atom. The molecule has 2 N–H and O–H groups in total. The zero-order valence-corrected chi connectivity index (χ0v) is 17.6. The molecule has 29 heavy (non-hydrogen) atoms. The van der Waals surface area contributed by atoms with Crippen molar-refractivity contribution in [3.05, 3.63) is 59.7 Å². The molecule has 0 aliphatic carbocycles. The standard InChI is InChI=1S/C24H32N2O3/c1-3-26(17-19-9-6-5-7-10-19)24(28)20-13-15-25(16-14-20)18-21-11-8-12-22(23(21)27)29-4-2/h5-12,20,27H,3-4,13-18H2,1-2H3/p+1. The molecule has 1 saturated heterocycles. The second kappa shape index (κ2) is 10.3. The molecule has 0 saturated carbocycles. The minimum Gasteiger partial charge on any atom is -0.504 e. The molecule has 0 bridgehead atoms. The second-order valence-electron chi connectivity index (χ2n) is 7.74. The highest BCUT2D eigenvalue weighted by Crippen LogP contribution is 2.29. The van der Waals surface area contributed by atoms with Crippen LogP contribution in [0.3, 0.4) is 0 Å².